The number of nitrogens with zero attached hydrogens (tertiary/aromatic N) is 1. The molecule has 5 rings (SSSR count). The zero-order valence-corrected chi connectivity index (χ0v) is 22.1. The summed E-state index contributed by atoms with van der Waals surface area (Å²) < 4.78 is 11.2. The monoisotopic (exact) mass is 533 g/mol. The van der Waals surface area contributed by atoms with E-state index in [0.29, 0.717) is 49.7 Å². The predicted molar refractivity (Wildman–Crippen MR) is 147 cm³/mol. The molecule has 3 heterocycles. The van der Waals surface area contributed by atoms with E-state index in [9.17, 15) is 14.4 Å². The Morgan fingerprint density at radius 3 is 2.63 bits per heavy atom. The molecule has 1 aromatic heterocycles. The summed E-state index contributed by atoms with van der Waals surface area (Å²) in [4.78, 5) is 41.1. The van der Waals surface area contributed by atoms with Crippen LogP contribution >= 0.6 is 11.3 Å². The number of aryl methyl sites for hydroxylation is 1. The number of para-hydroxylation sites is 1. The van der Waals surface area contributed by atoms with E-state index in [1.54, 1.807) is 18.1 Å². The molecule has 9 heteroatoms. The third-order valence-electron chi connectivity index (χ3n) is 7.35. The first-order valence-electron chi connectivity index (χ1n) is 12.8. The molecule has 38 heavy (non-hydrogen) atoms. The molecular formula is C29H31N3O5S. The minimum Gasteiger partial charge on any atom is -0.496 e. The highest BCUT2D eigenvalue weighted by atomic mass is 32.1. The predicted octanol–water partition coefficient (Wildman–Crippen LogP) is 4.15. The molecular weight excluding hydrogens is 502 g/mol. The molecule has 2 aliphatic heterocycles. The van der Waals surface area contributed by atoms with Gasteiger partial charge in [0.15, 0.2) is 0 Å². The topological polar surface area (TPSA) is 97.0 Å². The van der Waals surface area contributed by atoms with Crippen LogP contribution in [0.15, 0.2) is 60.0 Å². The molecule has 3 aromatic rings. The smallest absolute Gasteiger partial charge is 0.313 e. The van der Waals surface area contributed by atoms with Crippen molar-refractivity contribution >= 4 is 40.4 Å². The number of hydrogen-bond acceptors (Lipinski definition) is 6. The van der Waals surface area contributed by atoms with Gasteiger partial charge in [-0.2, -0.15) is 0 Å². The summed E-state index contributed by atoms with van der Waals surface area (Å²) in [5, 5.41) is 7.46. The van der Waals surface area contributed by atoms with Crippen LogP contribution in [0.3, 0.4) is 0 Å². The van der Waals surface area contributed by atoms with Gasteiger partial charge in [0.2, 0.25) is 0 Å². The summed E-state index contributed by atoms with van der Waals surface area (Å²) in [6, 6.07) is 16.9. The lowest BCUT2D eigenvalue weighted by molar-refractivity contribution is -0.136. The van der Waals surface area contributed by atoms with Gasteiger partial charge < -0.3 is 25.0 Å². The summed E-state index contributed by atoms with van der Waals surface area (Å²) >= 11 is 1.42. The van der Waals surface area contributed by atoms with Crippen LogP contribution in [0.1, 0.15) is 40.1 Å². The second kappa shape index (κ2) is 11.4. The summed E-state index contributed by atoms with van der Waals surface area (Å²) in [5.74, 6) is -0.685. The van der Waals surface area contributed by atoms with Gasteiger partial charge in [0, 0.05) is 48.7 Å². The molecule has 0 atom stereocenters. The first kappa shape index (κ1) is 25.9. The molecule has 3 amide bonds. The van der Waals surface area contributed by atoms with E-state index in [2.05, 4.69) is 10.6 Å². The summed E-state index contributed by atoms with van der Waals surface area (Å²) in [6.45, 7) is 2.09. The Bertz CT molecular complexity index is 1320. The number of methoxy groups -OCH3 is 1. The van der Waals surface area contributed by atoms with Gasteiger partial charge in [-0.1, -0.05) is 24.3 Å². The van der Waals surface area contributed by atoms with Crippen molar-refractivity contribution in [2.75, 3.05) is 43.6 Å². The van der Waals surface area contributed by atoms with E-state index < -0.39 is 11.8 Å². The zero-order valence-electron chi connectivity index (χ0n) is 21.3. The molecule has 1 saturated heterocycles. The molecule has 0 radical (unpaired) electrons. The molecule has 0 spiro atoms. The first-order valence-corrected chi connectivity index (χ1v) is 13.7. The number of nitrogens with one attached hydrogen (secondary N) is 2. The maximum Gasteiger partial charge on any atom is 0.313 e. The largest absolute Gasteiger partial charge is 0.496 e. The van der Waals surface area contributed by atoms with Crippen molar-refractivity contribution in [3.8, 4) is 5.75 Å². The SMILES string of the molecule is COc1ccccc1C1(CNC(=O)C(=O)Nc2ccc3c(c2)CCCN3C(=O)c2cccs2)CCOCC1. The molecule has 8 nitrogen and oxygen atoms in total. The Balaban J connectivity index is 1.26. The van der Waals surface area contributed by atoms with E-state index in [0.717, 1.165) is 35.4 Å². The van der Waals surface area contributed by atoms with Crippen LogP contribution in [0.2, 0.25) is 0 Å². The molecule has 2 N–H and O–H groups in total. The minimum atomic E-state index is -0.727. The second-order valence-electron chi connectivity index (χ2n) is 9.61. The van der Waals surface area contributed by atoms with Crippen molar-refractivity contribution in [3.63, 3.8) is 0 Å². The molecule has 0 unspecified atom stereocenters. The quantitative estimate of drug-likeness (QED) is 0.464. The average Bonchev–Trinajstić information content (AvgIpc) is 3.51. The Kier molecular flexibility index (Phi) is 7.76. The Morgan fingerprint density at radius 1 is 1.05 bits per heavy atom. The maximum atomic E-state index is 12.9. The highest BCUT2D eigenvalue weighted by Crippen LogP contribution is 2.39. The Hall–Kier alpha value is -3.69. The van der Waals surface area contributed by atoms with Crippen LogP contribution in [-0.4, -0.2) is 51.1 Å². The third kappa shape index (κ3) is 5.30. The van der Waals surface area contributed by atoms with E-state index in [4.69, 9.17) is 9.47 Å². The summed E-state index contributed by atoms with van der Waals surface area (Å²) in [7, 11) is 1.63. The van der Waals surface area contributed by atoms with Gasteiger partial charge in [-0.25, -0.2) is 0 Å². The Labute approximate surface area is 225 Å². The summed E-state index contributed by atoms with van der Waals surface area (Å²) in [5.41, 5.74) is 2.96. The number of thiophene rings is 1. The standard InChI is InChI=1S/C29H31N3O5S/c1-36-24-8-3-2-7-22(24)29(12-15-37-16-13-29)19-30-26(33)27(34)31-21-10-11-23-20(18-21)6-4-14-32(23)28(35)25-9-5-17-38-25/h2-3,5,7-11,17-18H,4,6,12-16,19H2,1H3,(H,30,33)(H,31,34). The van der Waals surface area contributed by atoms with Gasteiger partial charge in [0.1, 0.15) is 5.75 Å². The highest BCUT2D eigenvalue weighted by Gasteiger charge is 2.37. The van der Waals surface area contributed by atoms with Crippen LogP contribution in [0, 0.1) is 0 Å². The van der Waals surface area contributed by atoms with Crippen LogP contribution in [0.5, 0.6) is 5.75 Å². The molecule has 0 bridgehead atoms. The molecule has 198 valence electrons. The van der Waals surface area contributed by atoms with Gasteiger partial charge >= 0.3 is 11.8 Å². The van der Waals surface area contributed by atoms with Crippen molar-refractivity contribution in [2.45, 2.75) is 31.1 Å². The summed E-state index contributed by atoms with van der Waals surface area (Å²) in [6.07, 6.45) is 3.04. The van der Waals surface area contributed by atoms with Gasteiger partial charge in [0.05, 0.1) is 12.0 Å². The van der Waals surface area contributed by atoms with Crippen LogP contribution in [0.25, 0.3) is 0 Å². The fraction of sp³-hybridized carbons (Fsp3) is 0.345. The molecule has 0 saturated carbocycles. The number of carbonyl (C=O) groups is 3. The van der Waals surface area contributed by atoms with Crippen LogP contribution in [0.4, 0.5) is 11.4 Å². The molecule has 1 fully saturated rings. The Morgan fingerprint density at radius 2 is 1.87 bits per heavy atom. The molecule has 0 aliphatic carbocycles. The van der Waals surface area contributed by atoms with E-state index in [-0.39, 0.29) is 11.3 Å². The molecule has 2 aliphatic rings. The second-order valence-corrected chi connectivity index (χ2v) is 10.6. The van der Waals surface area contributed by atoms with E-state index in [1.807, 2.05) is 53.9 Å². The van der Waals surface area contributed by atoms with Gasteiger partial charge in [-0.05, 0) is 67.0 Å². The van der Waals surface area contributed by atoms with Crippen molar-refractivity contribution in [1.29, 1.82) is 0 Å². The van der Waals surface area contributed by atoms with Crippen molar-refractivity contribution in [1.82, 2.24) is 5.32 Å². The number of ether oxygens (including phenoxy) is 2. The number of rotatable bonds is 6. The van der Waals surface area contributed by atoms with Crippen LogP contribution < -0.4 is 20.3 Å². The lowest BCUT2D eigenvalue weighted by Crippen LogP contribution is -2.47. The number of amides is 3. The van der Waals surface area contributed by atoms with Crippen LogP contribution in [-0.2, 0) is 26.2 Å². The van der Waals surface area contributed by atoms with Crippen molar-refractivity contribution in [2.24, 2.45) is 0 Å². The lowest BCUT2D eigenvalue weighted by atomic mass is 9.73. The first-order chi connectivity index (χ1) is 18.5. The van der Waals surface area contributed by atoms with Gasteiger partial charge in [-0.3, -0.25) is 14.4 Å². The molecule has 2 aromatic carbocycles. The number of anilines is 2. The fourth-order valence-electron chi connectivity index (χ4n) is 5.32. The van der Waals surface area contributed by atoms with Crippen molar-refractivity contribution in [3.05, 3.63) is 76.0 Å². The zero-order chi connectivity index (χ0) is 26.5. The normalized spacial score (nSPS) is 16.3. The highest BCUT2D eigenvalue weighted by molar-refractivity contribution is 7.12. The maximum absolute atomic E-state index is 12.9. The van der Waals surface area contributed by atoms with E-state index in [1.165, 1.54) is 11.3 Å². The fourth-order valence-corrected chi connectivity index (χ4v) is 5.99. The number of hydrogen-bond donors (Lipinski definition) is 2. The van der Waals surface area contributed by atoms with Crippen molar-refractivity contribution < 1.29 is 23.9 Å². The average molecular weight is 534 g/mol. The van der Waals surface area contributed by atoms with E-state index >= 15 is 0 Å². The van der Waals surface area contributed by atoms with Gasteiger partial charge in [-0.15, -0.1) is 11.3 Å². The minimum absolute atomic E-state index is 0.0193. The number of benzene rings is 2. The number of carbonyl (C=O) groups excluding carboxylic acids is 3. The lowest BCUT2D eigenvalue weighted by Gasteiger charge is -2.38. The van der Waals surface area contributed by atoms with Gasteiger partial charge in [0.25, 0.3) is 5.91 Å². The third-order valence-corrected chi connectivity index (χ3v) is 8.21. The number of fused-ring (bicyclic) bond motifs is 1.